The zero-order valence-corrected chi connectivity index (χ0v) is 12.7. The van der Waals surface area contributed by atoms with E-state index in [0.29, 0.717) is 11.8 Å². The van der Waals surface area contributed by atoms with Gasteiger partial charge < -0.3 is 15.7 Å². The van der Waals surface area contributed by atoms with Crippen molar-refractivity contribution in [1.82, 2.24) is 9.97 Å². The second-order valence-electron chi connectivity index (χ2n) is 5.81. The maximum Gasteiger partial charge on any atom is 0.134 e. The minimum absolute atomic E-state index is 0.167. The molecule has 1 heterocycles. The van der Waals surface area contributed by atoms with Crippen LogP contribution in [0.3, 0.4) is 0 Å². The highest BCUT2D eigenvalue weighted by molar-refractivity contribution is 5.59. The third-order valence-electron chi connectivity index (χ3n) is 3.96. The van der Waals surface area contributed by atoms with E-state index in [1.807, 2.05) is 0 Å². The second kappa shape index (κ2) is 6.88. The number of anilines is 2. The van der Waals surface area contributed by atoms with Crippen LogP contribution in [0.4, 0.5) is 11.6 Å². The van der Waals surface area contributed by atoms with Crippen molar-refractivity contribution >= 4 is 11.6 Å². The quantitative estimate of drug-likeness (QED) is 0.746. The Labute approximate surface area is 121 Å². The van der Waals surface area contributed by atoms with E-state index in [9.17, 15) is 5.11 Å². The van der Waals surface area contributed by atoms with Gasteiger partial charge in [0.25, 0.3) is 0 Å². The average Bonchev–Trinajstić information content (AvgIpc) is 2.82. The van der Waals surface area contributed by atoms with Gasteiger partial charge in [0.15, 0.2) is 0 Å². The molecule has 1 aromatic heterocycles. The summed E-state index contributed by atoms with van der Waals surface area (Å²) in [5.74, 6) is 2.49. The smallest absolute Gasteiger partial charge is 0.134 e. The van der Waals surface area contributed by atoms with Crippen LogP contribution in [-0.4, -0.2) is 34.3 Å². The van der Waals surface area contributed by atoms with Gasteiger partial charge in [0.05, 0.1) is 6.10 Å². The lowest BCUT2D eigenvalue weighted by Gasteiger charge is -2.20. The molecule has 112 valence electrons. The molecule has 2 rings (SSSR count). The van der Waals surface area contributed by atoms with E-state index in [-0.39, 0.29) is 6.10 Å². The Bertz CT molecular complexity index is 436. The minimum Gasteiger partial charge on any atom is -0.393 e. The van der Waals surface area contributed by atoms with Gasteiger partial charge >= 0.3 is 0 Å². The van der Waals surface area contributed by atoms with Crippen LogP contribution in [0.1, 0.15) is 51.5 Å². The number of aromatic nitrogens is 2. The number of hydrogen-bond donors (Lipinski definition) is 3. The Hall–Kier alpha value is -1.36. The number of hydrogen-bond acceptors (Lipinski definition) is 5. The van der Waals surface area contributed by atoms with Crippen LogP contribution in [0.15, 0.2) is 6.33 Å². The summed E-state index contributed by atoms with van der Waals surface area (Å²) < 4.78 is 0. The molecule has 5 nitrogen and oxygen atoms in total. The van der Waals surface area contributed by atoms with Gasteiger partial charge in [0, 0.05) is 24.6 Å². The molecule has 0 aliphatic heterocycles. The lowest BCUT2D eigenvalue weighted by atomic mass is 10.0. The van der Waals surface area contributed by atoms with Gasteiger partial charge in [0.1, 0.15) is 18.0 Å². The van der Waals surface area contributed by atoms with Crippen molar-refractivity contribution in [3.63, 3.8) is 0 Å². The van der Waals surface area contributed by atoms with Crippen LogP contribution in [0, 0.1) is 5.92 Å². The van der Waals surface area contributed by atoms with Gasteiger partial charge in [-0.05, 0) is 25.7 Å². The highest BCUT2D eigenvalue weighted by atomic mass is 16.3. The molecule has 0 saturated heterocycles. The van der Waals surface area contributed by atoms with E-state index in [1.54, 1.807) is 6.33 Å². The summed E-state index contributed by atoms with van der Waals surface area (Å²) in [7, 11) is 0. The van der Waals surface area contributed by atoms with Crippen molar-refractivity contribution in [2.45, 2.75) is 52.1 Å². The van der Waals surface area contributed by atoms with E-state index in [2.05, 4.69) is 41.4 Å². The fourth-order valence-corrected chi connectivity index (χ4v) is 2.87. The first-order chi connectivity index (χ1) is 9.63. The highest BCUT2D eigenvalue weighted by Crippen LogP contribution is 2.30. The van der Waals surface area contributed by atoms with Gasteiger partial charge in [-0.15, -0.1) is 0 Å². The number of nitrogens with zero attached hydrogens (tertiary/aromatic N) is 2. The molecule has 3 N–H and O–H groups in total. The van der Waals surface area contributed by atoms with Crippen LogP contribution in [0.5, 0.6) is 0 Å². The molecule has 0 bridgehead atoms. The zero-order valence-electron chi connectivity index (χ0n) is 12.7. The van der Waals surface area contributed by atoms with E-state index in [4.69, 9.17) is 0 Å². The Morgan fingerprint density at radius 1 is 1.25 bits per heavy atom. The van der Waals surface area contributed by atoms with Gasteiger partial charge in [-0.3, -0.25) is 0 Å². The first kappa shape index (κ1) is 15.0. The summed E-state index contributed by atoms with van der Waals surface area (Å²) in [5.41, 5.74) is 1.13. The fraction of sp³-hybridized carbons (Fsp3) is 0.733. The van der Waals surface area contributed by atoms with Crippen molar-refractivity contribution in [3.8, 4) is 0 Å². The molecule has 0 radical (unpaired) electrons. The largest absolute Gasteiger partial charge is 0.393 e. The first-order valence-electron chi connectivity index (χ1n) is 7.64. The normalized spacial score (nSPS) is 22.2. The van der Waals surface area contributed by atoms with Crippen molar-refractivity contribution in [2.24, 2.45) is 5.92 Å². The van der Waals surface area contributed by atoms with Crippen molar-refractivity contribution in [2.75, 3.05) is 23.7 Å². The van der Waals surface area contributed by atoms with Crippen LogP contribution in [-0.2, 0) is 0 Å². The van der Waals surface area contributed by atoms with E-state index >= 15 is 0 Å². The fourth-order valence-electron chi connectivity index (χ4n) is 2.87. The maximum absolute atomic E-state index is 9.90. The lowest BCUT2D eigenvalue weighted by molar-refractivity contribution is 0.138. The SMILES string of the molecule is CCNc1ncnc(NCC2CCCC2O)c1C(C)C. The molecule has 1 fully saturated rings. The summed E-state index contributed by atoms with van der Waals surface area (Å²) in [4.78, 5) is 8.72. The van der Waals surface area contributed by atoms with Gasteiger partial charge in [-0.25, -0.2) is 9.97 Å². The molecule has 1 saturated carbocycles. The zero-order chi connectivity index (χ0) is 14.5. The predicted molar refractivity (Wildman–Crippen MR) is 82.1 cm³/mol. The standard InChI is InChI=1S/C15H26N4O/c1-4-16-14-13(10(2)3)15(19-9-18-14)17-8-11-6-5-7-12(11)20/h9-12,20H,4-8H2,1-3H3,(H2,16,17,18,19). The molecular weight excluding hydrogens is 252 g/mol. The van der Waals surface area contributed by atoms with Crippen LogP contribution in [0.25, 0.3) is 0 Å². The number of rotatable bonds is 6. The summed E-state index contributed by atoms with van der Waals surface area (Å²) in [6.45, 7) is 7.99. The van der Waals surface area contributed by atoms with Crippen molar-refractivity contribution in [1.29, 1.82) is 0 Å². The summed E-state index contributed by atoms with van der Waals surface area (Å²) in [5, 5.41) is 16.6. The Balaban J connectivity index is 2.11. The van der Waals surface area contributed by atoms with Gasteiger partial charge in [-0.1, -0.05) is 20.3 Å². The maximum atomic E-state index is 9.90. The first-order valence-corrected chi connectivity index (χ1v) is 7.64. The average molecular weight is 278 g/mol. The molecule has 20 heavy (non-hydrogen) atoms. The second-order valence-corrected chi connectivity index (χ2v) is 5.81. The van der Waals surface area contributed by atoms with Crippen molar-refractivity contribution in [3.05, 3.63) is 11.9 Å². The molecule has 2 atom stereocenters. The van der Waals surface area contributed by atoms with Crippen LogP contribution >= 0.6 is 0 Å². The molecule has 1 aliphatic carbocycles. The molecule has 0 spiro atoms. The minimum atomic E-state index is -0.167. The molecular formula is C15H26N4O. The van der Waals surface area contributed by atoms with Gasteiger partial charge in [0.2, 0.25) is 0 Å². The molecule has 0 amide bonds. The summed E-state index contributed by atoms with van der Waals surface area (Å²) >= 11 is 0. The number of nitrogens with one attached hydrogen (secondary N) is 2. The Morgan fingerprint density at radius 3 is 2.50 bits per heavy atom. The van der Waals surface area contributed by atoms with E-state index in [0.717, 1.165) is 49.6 Å². The van der Waals surface area contributed by atoms with Crippen LogP contribution < -0.4 is 10.6 Å². The molecule has 1 aliphatic rings. The predicted octanol–water partition coefficient (Wildman–Crippen LogP) is 2.60. The topological polar surface area (TPSA) is 70.1 Å². The summed E-state index contributed by atoms with van der Waals surface area (Å²) in [6.07, 6.45) is 4.57. The molecule has 5 heteroatoms. The van der Waals surface area contributed by atoms with Crippen molar-refractivity contribution < 1.29 is 5.11 Å². The molecule has 2 unspecified atom stereocenters. The van der Waals surface area contributed by atoms with Gasteiger partial charge in [-0.2, -0.15) is 0 Å². The van der Waals surface area contributed by atoms with E-state index in [1.165, 1.54) is 0 Å². The molecule has 0 aromatic carbocycles. The third-order valence-corrected chi connectivity index (χ3v) is 3.96. The third kappa shape index (κ3) is 3.39. The van der Waals surface area contributed by atoms with Crippen LogP contribution in [0.2, 0.25) is 0 Å². The summed E-state index contributed by atoms with van der Waals surface area (Å²) in [6, 6.07) is 0. The monoisotopic (exact) mass is 278 g/mol. The molecule has 1 aromatic rings. The van der Waals surface area contributed by atoms with E-state index < -0.39 is 0 Å². The Morgan fingerprint density at radius 2 is 1.95 bits per heavy atom. The number of aliphatic hydroxyl groups excluding tert-OH is 1. The lowest BCUT2D eigenvalue weighted by Crippen LogP contribution is -2.23. The highest BCUT2D eigenvalue weighted by Gasteiger charge is 2.25. The number of aliphatic hydroxyl groups is 1. The Kier molecular flexibility index (Phi) is 5.17.